The molecule has 2 fully saturated rings. The summed E-state index contributed by atoms with van der Waals surface area (Å²) in [5.74, 6) is 1.19. The molecule has 7 nitrogen and oxygen atoms in total. The molecule has 0 bridgehead atoms. The summed E-state index contributed by atoms with van der Waals surface area (Å²) in [4.78, 5) is 28.9. The second-order valence-corrected chi connectivity index (χ2v) is 7.43. The van der Waals surface area contributed by atoms with Crippen LogP contribution < -0.4 is 4.74 Å². The summed E-state index contributed by atoms with van der Waals surface area (Å²) in [7, 11) is 0. The van der Waals surface area contributed by atoms with E-state index in [1.54, 1.807) is 17.9 Å². The maximum atomic E-state index is 12.8. The van der Waals surface area contributed by atoms with Gasteiger partial charge in [0.05, 0.1) is 5.56 Å². The first-order valence-corrected chi connectivity index (χ1v) is 9.89. The summed E-state index contributed by atoms with van der Waals surface area (Å²) in [6.07, 6.45) is 3.54. The molecule has 4 rings (SSSR count). The molecule has 1 aromatic heterocycles. The number of amides is 2. The minimum absolute atomic E-state index is 0.0179. The van der Waals surface area contributed by atoms with Crippen molar-refractivity contribution in [2.45, 2.75) is 38.7 Å². The standard InChI is InChI=1S/C21H25N3O4/c1-15-14-18(22-28-15)21(26)24-12-8-16(9-13-24)27-19-7-3-2-6-17(19)20(25)23-10-4-5-11-23/h2-3,6-7,14,16H,4-5,8-13H2,1H3. The van der Waals surface area contributed by atoms with Gasteiger partial charge in [0.2, 0.25) is 0 Å². The quantitative estimate of drug-likeness (QED) is 0.811. The van der Waals surface area contributed by atoms with Gasteiger partial charge in [-0.2, -0.15) is 0 Å². The summed E-state index contributed by atoms with van der Waals surface area (Å²) >= 11 is 0. The van der Waals surface area contributed by atoms with Gasteiger partial charge in [-0.05, 0) is 31.9 Å². The van der Waals surface area contributed by atoms with Crippen molar-refractivity contribution in [2.75, 3.05) is 26.2 Å². The lowest BCUT2D eigenvalue weighted by Gasteiger charge is -2.32. The van der Waals surface area contributed by atoms with Crippen molar-refractivity contribution >= 4 is 11.8 Å². The van der Waals surface area contributed by atoms with Crippen LogP contribution in [0.5, 0.6) is 5.75 Å². The van der Waals surface area contributed by atoms with E-state index in [1.165, 1.54) is 0 Å². The van der Waals surface area contributed by atoms with Crippen LogP contribution in [0, 0.1) is 6.92 Å². The number of piperidine rings is 1. The number of hydrogen-bond acceptors (Lipinski definition) is 5. The largest absolute Gasteiger partial charge is 0.489 e. The highest BCUT2D eigenvalue weighted by Gasteiger charge is 2.28. The number of carbonyl (C=O) groups excluding carboxylic acids is 2. The molecule has 3 heterocycles. The van der Waals surface area contributed by atoms with Crippen molar-refractivity contribution in [3.05, 3.63) is 47.3 Å². The molecule has 148 valence electrons. The van der Waals surface area contributed by atoms with Crippen LogP contribution in [0.3, 0.4) is 0 Å². The second kappa shape index (κ2) is 8.04. The zero-order valence-corrected chi connectivity index (χ0v) is 16.1. The number of carbonyl (C=O) groups is 2. The fourth-order valence-electron chi connectivity index (χ4n) is 3.82. The van der Waals surface area contributed by atoms with Gasteiger partial charge >= 0.3 is 0 Å². The molecule has 0 unspecified atom stereocenters. The van der Waals surface area contributed by atoms with Crippen LogP contribution in [0.15, 0.2) is 34.9 Å². The van der Waals surface area contributed by atoms with Gasteiger partial charge in [0.15, 0.2) is 5.69 Å². The Morgan fingerprint density at radius 3 is 2.39 bits per heavy atom. The number of aryl methyl sites for hydroxylation is 1. The predicted molar refractivity (Wildman–Crippen MR) is 102 cm³/mol. The SMILES string of the molecule is Cc1cc(C(=O)N2CCC(Oc3ccccc3C(=O)N3CCCC3)CC2)no1. The maximum Gasteiger partial charge on any atom is 0.276 e. The van der Waals surface area contributed by atoms with Gasteiger partial charge in [0, 0.05) is 45.1 Å². The Hall–Kier alpha value is -2.83. The molecule has 2 saturated heterocycles. The van der Waals surface area contributed by atoms with Crippen molar-refractivity contribution in [1.29, 1.82) is 0 Å². The lowest BCUT2D eigenvalue weighted by Crippen LogP contribution is -2.42. The molecular formula is C21H25N3O4. The normalized spacial score (nSPS) is 17.8. The molecule has 2 aliphatic heterocycles. The lowest BCUT2D eigenvalue weighted by molar-refractivity contribution is 0.0582. The topological polar surface area (TPSA) is 75.9 Å². The van der Waals surface area contributed by atoms with Crippen molar-refractivity contribution in [3.8, 4) is 5.75 Å². The highest BCUT2D eigenvalue weighted by molar-refractivity contribution is 5.97. The van der Waals surface area contributed by atoms with Crippen LogP contribution in [-0.4, -0.2) is 59.1 Å². The predicted octanol–water partition coefficient (Wildman–Crippen LogP) is 2.90. The highest BCUT2D eigenvalue weighted by atomic mass is 16.5. The molecule has 0 atom stereocenters. The summed E-state index contributed by atoms with van der Waals surface area (Å²) in [6, 6.07) is 9.12. The maximum absolute atomic E-state index is 12.8. The van der Waals surface area contributed by atoms with Crippen molar-refractivity contribution in [3.63, 3.8) is 0 Å². The molecule has 0 spiro atoms. The van der Waals surface area contributed by atoms with E-state index < -0.39 is 0 Å². The number of benzene rings is 1. The zero-order valence-electron chi connectivity index (χ0n) is 16.1. The third-order valence-electron chi connectivity index (χ3n) is 5.38. The number of aromatic nitrogens is 1. The van der Waals surface area contributed by atoms with Gasteiger partial charge in [-0.15, -0.1) is 0 Å². The van der Waals surface area contributed by atoms with E-state index in [4.69, 9.17) is 9.26 Å². The van der Waals surface area contributed by atoms with Crippen molar-refractivity contribution in [1.82, 2.24) is 15.0 Å². The molecule has 28 heavy (non-hydrogen) atoms. The van der Waals surface area contributed by atoms with Gasteiger partial charge in [-0.3, -0.25) is 9.59 Å². The van der Waals surface area contributed by atoms with Gasteiger partial charge in [0.25, 0.3) is 11.8 Å². The van der Waals surface area contributed by atoms with E-state index in [9.17, 15) is 9.59 Å². The molecule has 2 aromatic rings. The van der Waals surface area contributed by atoms with Crippen LogP contribution in [0.2, 0.25) is 0 Å². The molecule has 2 amide bonds. The Morgan fingerprint density at radius 1 is 1.04 bits per heavy atom. The number of para-hydroxylation sites is 1. The fourth-order valence-corrected chi connectivity index (χ4v) is 3.82. The van der Waals surface area contributed by atoms with E-state index in [1.807, 2.05) is 29.2 Å². The van der Waals surface area contributed by atoms with Crippen LogP contribution >= 0.6 is 0 Å². The Balaban J connectivity index is 1.37. The van der Waals surface area contributed by atoms with Gasteiger partial charge in [-0.25, -0.2) is 0 Å². The monoisotopic (exact) mass is 383 g/mol. The van der Waals surface area contributed by atoms with E-state index in [-0.39, 0.29) is 17.9 Å². The summed E-state index contributed by atoms with van der Waals surface area (Å²) in [5, 5.41) is 3.81. The first-order chi connectivity index (χ1) is 13.6. The summed E-state index contributed by atoms with van der Waals surface area (Å²) < 4.78 is 11.2. The first-order valence-electron chi connectivity index (χ1n) is 9.89. The Morgan fingerprint density at radius 2 is 1.71 bits per heavy atom. The third-order valence-corrected chi connectivity index (χ3v) is 5.38. The lowest BCUT2D eigenvalue weighted by atomic mass is 10.1. The number of ether oxygens (including phenoxy) is 1. The van der Waals surface area contributed by atoms with Gasteiger partial charge in [0.1, 0.15) is 17.6 Å². The summed E-state index contributed by atoms with van der Waals surface area (Å²) in [5.41, 5.74) is 0.972. The molecule has 2 aliphatic rings. The fraction of sp³-hybridized carbons (Fsp3) is 0.476. The number of hydrogen-bond donors (Lipinski definition) is 0. The van der Waals surface area contributed by atoms with Gasteiger partial charge in [-0.1, -0.05) is 17.3 Å². The average Bonchev–Trinajstić information content (AvgIpc) is 3.40. The van der Waals surface area contributed by atoms with E-state index in [0.29, 0.717) is 35.9 Å². The van der Waals surface area contributed by atoms with E-state index in [2.05, 4.69) is 5.16 Å². The molecule has 0 radical (unpaired) electrons. The molecule has 0 N–H and O–H groups in total. The Kier molecular flexibility index (Phi) is 5.32. The second-order valence-electron chi connectivity index (χ2n) is 7.43. The van der Waals surface area contributed by atoms with Crippen LogP contribution in [0.4, 0.5) is 0 Å². The van der Waals surface area contributed by atoms with Crippen molar-refractivity contribution in [2.24, 2.45) is 0 Å². The molecular weight excluding hydrogens is 358 g/mol. The van der Waals surface area contributed by atoms with Gasteiger partial charge < -0.3 is 19.1 Å². The Labute approximate surface area is 164 Å². The van der Waals surface area contributed by atoms with Crippen LogP contribution in [-0.2, 0) is 0 Å². The summed E-state index contributed by atoms with van der Waals surface area (Å²) in [6.45, 7) is 4.59. The molecule has 0 aliphatic carbocycles. The van der Waals surface area contributed by atoms with E-state index in [0.717, 1.165) is 38.8 Å². The van der Waals surface area contributed by atoms with Crippen LogP contribution in [0.25, 0.3) is 0 Å². The minimum atomic E-state index is -0.111. The number of nitrogens with zero attached hydrogens (tertiary/aromatic N) is 3. The Bertz CT molecular complexity index is 849. The number of rotatable bonds is 4. The average molecular weight is 383 g/mol. The molecule has 0 saturated carbocycles. The molecule has 7 heteroatoms. The minimum Gasteiger partial charge on any atom is -0.489 e. The number of likely N-dealkylation sites (tertiary alicyclic amines) is 2. The first kappa shape index (κ1) is 18.5. The zero-order chi connectivity index (χ0) is 19.5. The van der Waals surface area contributed by atoms with E-state index >= 15 is 0 Å². The smallest absolute Gasteiger partial charge is 0.276 e. The van der Waals surface area contributed by atoms with Crippen molar-refractivity contribution < 1.29 is 18.8 Å². The molecule has 1 aromatic carbocycles. The van der Waals surface area contributed by atoms with Crippen LogP contribution in [0.1, 0.15) is 52.3 Å². The third kappa shape index (κ3) is 3.88. The highest BCUT2D eigenvalue weighted by Crippen LogP contribution is 2.26.